The maximum atomic E-state index is 11.8. The van der Waals surface area contributed by atoms with Gasteiger partial charge in [-0.25, -0.2) is 4.79 Å². The lowest BCUT2D eigenvalue weighted by molar-refractivity contribution is 0.0587. The highest BCUT2D eigenvalue weighted by Crippen LogP contribution is 2.24. The third-order valence-corrected chi connectivity index (χ3v) is 4.10. The first-order valence-electron chi connectivity index (χ1n) is 6.74. The normalized spacial score (nSPS) is 10.2. The van der Waals surface area contributed by atoms with Crippen LogP contribution in [0.25, 0.3) is 11.4 Å². The van der Waals surface area contributed by atoms with E-state index in [1.165, 1.54) is 7.11 Å². The second-order valence-electron chi connectivity index (χ2n) is 4.95. The maximum Gasteiger partial charge on any atom is 0.356 e. The van der Waals surface area contributed by atoms with Crippen LogP contribution in [0.1, 0.15) is 36.0 Å². The van der Waals surface area contributed by atoms with E-state index < -0.39 is 0 Å². The Balaban J connectivity index is 0.00000242. The summed E-state index contributed by atoms with van der Waals surface area (Å²) in [5, 5.41) is 4.51. The summed E-state index contributed by atoms with van der Waals surface area (Å²) < 4.78 is 9.15. The molecule has 2 rings (SSSR count). The van der Waals surface area contributed by atoms with Crippen molar-refractivity contribution in [3.05, 3.63) is 33.6 Å². The van der Waals surface area contributed by atoms with E-state index in [2.05, 4.69) is 5.10 Å². The van der Waals surface area contributed by atoms with Gasteiger partial charge in [0.1, 0.15) is 16.0 Å². The predicted molar refractivity (Wildman–Crippen MR) is 90.7 cm³/mol. The molecule has 2 aromatic heterocycles. The fraction of sp³-hybridized carbons (Fsp3) is 0.438. The third kappa shape index (κ3) is 2.97. The summed E-state index contributed by atoms with van der Waals surface area (Å²) in [6.45, 7) is 6.53. The number of methoxy groups -OCH3 is 1. The van der Waals surface area contributed by atoms with Gasteiger partial charge in [-0.1, -0.05) is 25.7 Å². The van der Waals surface area contributed by atoms with Crippen LogP contribution in [0.3, 0.4) is 0 Å². The average molecular weight is 321 g/mol. The van der Waals surface area contributed by atoms with Gasteiger partial charge in [0, 0.05) is 19.7 Å². The van der Waals surface area contributed by atoms with Gasteiger partial charge in [-0.2, -0.15) is 5.10 Å². The molecule has 0 saturated carbocycles. The van der Waals surface area contributed by atoms with E-state index in [1.54, 1.807) is 10.7 Å². The molecule has 0 spiro atoms. The minimum Gasteiger partial charge on any atom is -0.464 e. The lowest BCUT2D eigenvalue weighted by atomic mass is 10.1. The highest BCUT2D eigenvalue weighted by molar-refractivity contribution is 7.71. The van der Waals surface area contributed by atoms with Crippen molar-refractivity contribution in [2.24, 2.45) is 7.05 Å². The number of hydrogen-bond acceptors (Lipinski definition) is 4. The van der Waals surface area contributed by atoms with Gasteiger partial charge in [0.15, 0.2) is 0 Å². The van der Waals surface area contributed by atoms with E-state index in [9.17, 15) is 4.79 Å². The SMILES string of the molecule is C.CCn1nc(-c2c(C)cc(C)c(=S)n2C)cc1C(=O)OC. The van der Waals surface area contributed by atoms with E-state index in [1.807, 2.05) is 38.5 Å². The second kappa shape index (κ2) is 6.87. The molecule has 0 saturated heterocycles. The molecule has 0 unspecified atom stereocenters. The molecule has 0 amide bonds. The van der Waals surface area contributed by atoms with Crippen molar-refractivity contribution in [2.45, 2.75) is 34.7 Å². The topological polar surface area (TPSA) is 49.0 Å². The van der Waals surface area contributed by atoms with Crippen LogP contribution in [0.5, 0.6) is 0 Å². The molecule has 0 N–H and O–H groups in total. The van der Waals surface area contributed by atoms with Crippen molar-refractivity contribution in [1.82, 2.24) is 14.3 Å². The molecule has 0 fully saturated rings. The number of pyridine rings is 1. The first-order chi connectivity index (χ1) is 9.90. The van der Waals surface area contributed by atoms with E-state index in [4.69, 9.17) is 17.0 Å². The molecular weight excluding hydrogens is 298 g/mol. The number of hydrogen-bond donors (Lipinski definition) is 0. The maximum absolute atomic E-state index is 11.8. The number of aromatic nitrogens is 3. The number of ether oxygens (including phenoxy) is 1. The van der Waals surface area contributed by atoms with Crippen LogP contribution in [-0.4, -0.2) is 27.4 Å². The fourth-order valence-corrected chi connectivity index (χ4v) is 2.65. The zero-order valence-corrected chi connectivity index (χ0v) is 13.7. The van der Waals surface area contributed by atoms with E-state index in [-0.39, 0.29) is 13.4 Å². The van der Waals surface area contributed by atoms with E-state index in [0.29, 0.717) is 12.2 Å². The molecule has 0 atom stereocenters. The smallest absolute Gasteiger partial charge is 0.356 e. The Hall–Kier alpha value is -1.95. The van der Waals surface area contributed by atoms with Crippen molar-refractivity contribution in [2.75, 3.05) is 7.11 Å². The first-order valence-corrected chi connectivity index (χ1v) is 7.15. The summed E-state index contributed by atoms with van der Waals surface area (Å²) in [6, 6.07) is 3.79. The van der Waals surface area contributed by atoms with Crippen LogP contribution in [0.2, 0.25) is 0 Å². The molecule has 22 heavy (non-hydrogen) atoms. The van der Waals surface area contributed by atoms with Crippen molar-refractivity contribution < 1.29 is 9.53 Å². The summed E-state index contributed by atoms with van der Waals surface area (Å²) in [4.78, 5) is 11.8. The van der Waals surface area contributed by atoms with Crippen molar-refractivity contribution >= 4 is 18.2 Å². The lowest BCUT2D eigenvalue weighted by Gasteiger charge is -2.12. The third-order valence-electron chi connectivity index (χ3n) is 3.50. The van der Waals surface area contributed by atoms with Crippen LogP contribution in [-0.2, 0) is 18.3 Å². The minimum absolute atomic E-state index is 0. The molecule has 0 aliphatic heterocycles. The standard InChI is InChI=1S/C15H19N3O2S.CH4/c1-6-18-12(15(19)20-5)8-11(16-18)13-9(2)7-10(3)14(21)17(13)4;/h7-8H,6H2,1-5H3;1H4. The number of rotatable bonds is 3. The molecule has 0 aromatic carbocycles. The Kier molecular flexibility index (Phi) is 5.65. The fourth-order valence-electron chi connectivity index (χ4n) is 2.50. The van der Waals surface area contributed by atoms with Gasteiger partial charge in [-0.05, 0) is 31.9 Å². The second-order valence-corrected chi connectivity index (χ2v) is 5.33. The Morgan fingerprint density at radius 2 is 1.95 bits per heavy atom. The molecule has 2 aromatic rings. The molecule has 0 bridgehead atoms. The van der Waals surface area contributed by atoms with Gasteiger partial charge >= 0.3 is 5.97 Å². The summed E-state index contributed by atoms with van der Waals surface area (Å²) in [5.74, 6) is -0.387. The highest BCUT2D eigenvalue weighted by atomic mass is 32.1. The number of carbonyl (C=O) groups is 1. The van der Waals surface area contributed by atoms with Gasteiger partial charge in [0.2, 0.25) is 0 Å². The van der Waals surface area contributed by atoms with Gasteiger partial charge in [0.05, 0.1) is 12.8 Å². The van der Waals surface area contributed by atoms with Gasteiger partial charge in [-0.3, -0.25) is 4.68 Å². The van der Waals surface area contributed by atoms with Gasteiger partial charge in [0.25, 0.3) is 0 Å². The monoisotopic (exact) mass is 321 g/mol. The number of carbonyl (C=O) groups excluding carboxylic acids is 1. The molecule has 2 heterocycles. The Morgan fingerprint density at radius 3 is 2.50 bits per heavy atom. The minimum atomic E-state index is -0.387. The number of nitrogens with zero attached hydrogens (tertiary/aromatic N) is 3. The molecule has 6 heteroatoms. The van der Waals surface area contributed by atoms with Crippen LogP contribution in [0.15, 0.2) is 12.1 Å². The summed E-state index contributed by atoms with van der Waals surface area (Å²) >= 11 is 5.42. The molecular formula is C16H23N3O2S. The average Bonchev–Trinajstić information content (AvgIpc) is 2.88. The van der Waals surface area contributed by atoms with E-state index in [0.717, 1.165) is 27.2 Å². The molecule has 5 nitrogen and oxygen atoms in total. The van der Waals surface area contributed by atoms with Crippen LogP contribution < -0.4 is 0 Å². The first kappa shape index (κ1) is 18.1. The summed E-state index contributed by atoms with van der Waals surface area (Å²) in [5.41, 5.74) is 4.21. The Labute approximate surface area is 136 Å². The molecule has 0 aliphatic rings. The van der Waals surface area contributed by atoms with Crippen LogP contribution in [0.4, 0.5) is 0 Å². The van der Waals surface area contributed by atoms with Gasteiger partial charge in [-0.15, -0.1) is 0 Å². The van der Waals surface area contributed by atoms with Crippen molar-refractivity contribution in [3.63, 3.8) is 0 Å². The van der Waals surface area contributed by atoms with Crippen molar-refractivity contribution in [3.8, 4) is 11.4 Å². The summed E-state index contributed by atoms with van der Waals surface area (Å²) in [7, 11) is 3.29. The number of esters is 1. The molecule has 0 radical (unpaired) electrons. The Morgan fingerprint density at radius 1 is 1.32 bits per heavy atom. The van der Waals surface area contributed by atoms with Crippen LogP contribution >= 0.6 is 12.2 Å². The highest BCUT2D eigenvalue weighted by Gasteiger charge is 2.18. The predicted octanol–water partition coefficient (Wildman–Crippen LogP) is 3.68. The number of aryl methyl sites for hydroxylation is 3. The zero-order valence-electron chi connectivity index (χ0n) is 12.9. The van der Waals surface area contributed by atoms with Crippen molar-refractivity contribution in [1.29, 1.82) is 0 Å². The Bertz CT molecular complexity index is 759. The lowest BCUT2D eigenvalue weighted by Crippen LogP contribution is -2.10. The zero-order chi connectivity index (χ0) is 15.7. The largest absolute Gasteiger partial charge is 0.464 e. The quantitative estimate of drug-likeness (QED) is 0.639. The van der Waals surface area contributed by atoms with Gasteiger partial charge < -0.3 is 9.30 Å². The van der Waals surface area contributed by atoms with E-state index >= 15 is 0 Å². The molecule has 120 valence electrons. The summed E-state index contributed by atoms with van der Waals surface area (Å²) in [6.07, 6.45) is 0. The van der Waals surface area contributed by atoms with Crippen LogP contribution in [0, 0.1) is 18.5 Å². The molecule has 0 aliphatic carbocycles.